The van der Waals surface area contributed by atoms with Crippen molar-refractivity contribution in [2.24, 2.45) is 0 Å². The first-order valence-corrected chi connectivity index (χ1v) is 4.21. The fourth-order valence-corrected chi connectivity index (χ4v) is 0.840. The van der Waals surface area contributed by atoms with Gasteiger partial charge in [-0.3, -0.25) is 9.59 Å². The van der Waals surface area contributed by atoms with Crippen molar-refractivity contribution in [2.75, 3.05) is 0 Å². The standard InChI is InChI=1S/C9H14O4/c10-8(11)6-4-2-1-3-5-7-9(12)13/h2,4H,1,3,5-7H2,(H,10,11)(H,12,13)/b4-2-. The van der Waals surface area contributed by atoms with Gasteiger partial charge < -0.3 is 10.2 Å². The lowest BCUT2D eigenvalue weighted by atomic mass is 10.2. The molecule has 4 heteroatoms. The molecule has 2 N–H and O–H groups in total. The molecule has 0 amide bonds. The predicted octanol–water partition coefficient (Wildman–Crippen LogP) is 1.66. The first-order valence-electron chi connectivity index (χ1n) is 4.21. The molecule has 0 radical (unpaired) electrons. The minimum Gasteiger partial charge on any atom is -0.481 e. The number of allylic oxidation sites excluding steroid dienone is 1. The van der Waals surface area contributed by atoms with Gasteiger partial charge in [0.15, 0.2) is 0 Å². The van der Waals surface area contributed by atoms with Crippen molar-refractivity contribution >= 4 is 11.9 Å². The maximum Gasteiger partial charge on any atom is 0.307 e. The van der Waals surface area contributed by atoms with E-state index >= 15 is 0 Å². The minimum atomic E-state index is -0.846. The van der Waals surface area contributed by atoms with E-state index in [9.17, 15) is 9.59 Å². The van der Waals surface area contributed by atoms with Gasteiger partial charge in [-0.05, 0) is 19.3 Å². The topological polar surface area (TPSA) is 74.6 Å². The molecule has 0 aliphatic rings. The molecule has 74 valence electrons. The lowest BCUT2D eigenvalue weighted by Gasteiger charge is -1.92. The largest absolute Gasteiger partial charge is 0.481 e. The molecule has 0 aromatic rings. The van der Waals surface area contributed by atoms with Gasteiger partial charge in [-0.2, -0.15) is 0 Å². The van der Waals surface area contributed by atoms with Crippen LogP contribution in [0.5, 0.6) is 0 Å². The van der Waals surface area contributed by atoms with Crippen molar-refractivity contribution < 1.29 is 19.8 Å². The fraction of sp³-hybridized carbons (Fsp3) is 0.556. The molecule has 0 fully saturated rings. The van der Waals surface area contributed by atoms with Crippen LogP contribution in [0.15, 0.2) is 12.2 Å². The molecule has 13 heavy (non-hydrogen) atoms. The van der Waals surface area contributed by atoms with Gasteiger partial charge in [-0.25, -0.2) is 0 Å². The van der Waals surface area contributed by atoms with Crippen molar-refractivity contribution in [3.8, 4) is 0 Å². The van der Waals surface area contributed by atoms with Crippen LogP contribution in [0.4, 0.5) is 0 Å². The zero-order chi connectivity index (χ0) is 10.1. The van der Waals surface area contributed by atoms with E-state index in [-0.39, 0.29) is 12.8 Å². The van der Waals surface area contributed by atoms with Crippen LogP contribution < -0.4 is 0 Å². The van der Waals surface area contributed by atoms with Crippen molar-refractivity contribution in [1.29, 1.82) is 0 Å². The first-order chi connectivity index (χ1) is 6.13. The molecular formula is C9H14O4. The lowest BCUT2D eigenvalue weighted by Crippen LogP contribution is -1.93. The molecule has 0 aromatic carbocycles. The van der Waals surface area contributed by atoms with Crippen LogP contribution in [0.2, 0.25) is 0 Å². The van der Waals surface area contributed by atoms with E-state index in [1.54, 1.807) is 12.2 Å². The number of carbonyl (C=O) groups is 2. The molecule has 0 rings (SSSR count). The molecule has 0 aromatic heterocycles. The Labute approximate surface area is 76.9 Å². The monoisotopic (exact) mass is 186 g/mol. The summed E-state index contributed by atoms with van der Waals surface area (Å²) in [5, 5.41) is 16.6. The molecular weight excluding hydrogens is 172 g/mol. The number of hydrogen-bond acceptors (Lipinski definition) is 2. The van der Waals surface area contributed by atoms with E-state index in [0.29, 0.717) is 6.42 Å². The smallest absolute Gasteiger partial charge is 0.307 e. The molecule has 0 unspecified atom stereocenters. The van der Waals surface area contributed by atoms with Gasteiger partial charge >= 0.3 is 11.9 Å². The zero-order valence-electron chi connectivity index (χ0n) is 7.40. The Balaban J connectivity index is 3.20. The van der Waals surface area contributed by atoms with Gasteiger partial charge in [0.1, 0.15) is 0 Å². The molecule has 0 atom stereocenters. The molecule has 0 aliphatic carbocycles. The van der Waals surface area contributed by atoms with Crippen molar-refractivity contribution in [1.82, 2.24) is 0 Å². The highest BCUT2D eigenvalue weighted by atomic mass is 16.4. The van der Waals surface area contributed by atoms with E-state index in [0.717, 1.165) is 12.8 Å². The van der Waals surface area contributed by atoms with Crippen molar-refractivity contribution in [2.45, 2.75) is 32.1 Å². The van der Waals surface area contributed by atoms with Gasteiger partial charge in [0.2, 0.25) is 0 Å². The van der Waals surface area contributed by atoms with Crippen LogP contribution in [-0.4, -0.2) is 22.2 Å². The Kier molecular flexibility index (Phi) is 6.59. The van der Waals surface area contributed by atoms with E-state index in [2.05, 4.69) is 0 Å². The van der Waals surface area contributed by atoms with Crippen molar-refractivity contribution in [3.05, 3.63) is 12.2 Å². The number of rotatable bonds is 7. The summed E-state index contributed by atoms with van der Waals surface area (Å²) in [6, 6.07) is 0. The van der Waals surface area contributed by atoms with E-state index in [1.165, 1.54) is 0 Å². The predicted molar refractivity (Wildman–Crippen MR) is 47.5 cm³/mol. The summed E-state index contributed by atoms with van der Waals surface area (Å²) in [4.78, 5) is 20.1. The zero-order valence-corrected chi connectivity index (χ0v) is 7.40. The minimum absolute atomic E-state index is 0.0406. The maximum absolute atomic E-state index is 10.1. The van der Waals surface area contributed by atoms with Gasteiger partial charge in [0.05, 0.1) is 6.42 Å². The maximum atomic E-state index is 10.1. The second-order valence-electron chi connectivity index (χ2n) is 2.71. The van der Waals surface area contributed by atoms with Crippen molar-refractivity contribution in [3.63, 3.8) is 0 Å². The summed E-state index contributed by atoms with van der Waals surface area (Å²) in [5.74, 6) is -1.63. The Hall–Kier alpha value is -1.32. The van der Waals surface area contributed by atoms with Crippen LogP contribution in [-0.2, 0) is 9.59 Å². The molecule has 0 bridgehead atoms. The summed E-state index contributed by atoms with van der Waals surface area (Å²) in [6.45, 7) is 0. The number of unbranched alkanes of at least 4 members (excludes halogenated alkanes) is 2. The highest BCUT2D eigenvalue weighted by Crippen LogP contribution is 2.00. The number of carboxylic acid groups (broad SMARTS) is 2. The highest BCUT2D eigenvalue weighted by Gasteiger charge is 1.94. The van der Waals surface area contributed by atoms with Crippen LogP contribution in [0.1, 0.15) is 32.1 Å². The lowest BCUT2D eigenvalue weighted by molar-refractivity contribution is -0.137. The summed E-state index contributed by atoms with van der Waals surface area (Å²) in [7, 11) is 0. The molecule has 0 saturated heterocycles. The first kappa shape index (κ1) is 11.7. The van der Waals surface area contributed by atoms with Crippen LogP contribution in [0, 0.1) is 0 Å². The second kappa shape index (κ2) is 7.34. The Bertz CT molecular complexity index is 196. The average molecular weight is 186 g/mol. The highest BCUT2D eigenvalue weighted by molar-refractivity contribution is 5.68. The number of aliphatic carboxylic acids is 2. The summed E-state index contributed by atoms with van der Waals surface area (Å²) < 4.78 is 0. The van der Waals surface area contributed by atoms with E-state index < -0.39 is 11.9 Å². The third-order valence-electron chi connectivity index (χ3n) is 1.47. The molecule has 0 saturated carbocycles. The Morgan fingerprint density at radius 2 is 1.69 bits per heavy atom. The van der Waals surface area contributed by atoms with E-state index in [4.69, 9.17) is 10.2 Å². The van der Waals surface area contributed by atoms with Gasteiger partial charge in [0.25, 0.3) is 0 Å². The number of carboxylic acids is 2. The summed E-state index contributed by atoms with van der Waals surface area (Å²) in [5.41, 5.74) is 0. The van der Waals surface area contributed by atoms with Gasteiger partial charge in [-0.15, -0.1) is 0 Å². The van der Waals surface area contributed by atoms with E-state index in [1.807, 2.05) is 0 Å². The molecule has 0 aliphatic heterocycles. The van der Waals surface area contributed by atoms with Gasteiger partial charge in [0, 0.05) is 6.42 Å². The molecule has 4 nitrogen and oxygen atoms in total. The second-order valence-corrected chi connectivity index (χ2v) is 2.71. The van der Waals surface area contributed by atoms with Crippen LogP contribution in [0.25, 0.3) is 0 Å². The summed E-state index contributed by atoms with van der Waals surface area (Å²) in [6.07, 6.45) is 5.78. The normalized spacial score (nSPS) is 10.5. The van der Waals surface area contributed by atoms with Crippen LogP contribution in [0.3, 0.4) is 0 Å². The quantitative estimate of drug-likeness (QED) is 0.468. The fourth-order valence-electron chi connectivity index (χ4n) is 0.840. The number of hydrogen-bond donors (Lipinski definition) is 2. The average Bonchev–Trinajstić information content (AvgIpc) is 2.01. The molecule has 0 spiro atoms. The summed E-state index contributed by atoms with van der Waals surface area (Å²) >= 11 is 0. The Morgan fingerprint density at radius 1 is 1.00 bits per heavy atom. The third kappa shape index (κ3) is 10.7. The van der Waals surface area contributed by atoms with Crippen LogP contribution >= 0.6 is 0 Å². The third-order valence-corrected chi connectivity index (χ3v) is 1.47. The molecule has 0 heterocycles. The SMILES string of the molecule is O=C(O)C/C=C\CCCCC(=O)O. The Morgan fingerprint density at radius 3 is 2.23 bits per heavy atom. The van der Waals surface area contributed by atoms with Gasteiger partial charge in [-0.1, -0.05) is 12.2 Å².